The molecule has 1 aromatic heterocycles. The number of hydrogen-bond acceptors (Lipinski definition) is 5. The largest absolute Gasteiger partial charge is 0.479 e. The van der Waals surface area contributed by atoms with Gasteiger partial charge in [-0.2, -0.15) is 0 Å². The smallest absolute Gasteiger partial charge is 0.411 e. The predicted molar refractivity (Wildman–Crippen MR) is 123 cm³/mol. The molecule has 8 heteroatoms. The van der Waals surface area contributed by atoms with Crippen LogP contribution in [0.15, 0.2) is 45.3 Å². The van der Waals surface area contributed by atoms with Gasteiger partial charge in [-0.05, 0) is 63.9 Å². The van der Waals surface area contributed by atoms with Gasteiger partial charge in [-0.15, -0.1) is 0 Å². The summed E-state index contributed by atoms with van der Waals surface area (Å²) in [7, 11) is 0. The van der Waals surface area contributed by atoms with Gasteiger partial charge < -0.3 is 14.3 Å². The number of fused-ring (bicyclic) bond motifs is 3. The monoisotopic (exact) mass is 501 g/mol. The van der Waals surface area contributed by atoms with Gasteiger partial charge in [0.05, 0.1) is 0 Å². The van der Waals surface area contributed by atoms with E-state index in [1.165, 1.54) is 4.90 Å². The Labute approximate surface area is 193 Å². The van der Waals surface area contributed by atoms with Gasteiger partial charge in [-0.1, -0.05) is 22.0 Å². The quantitative estimate of drug-likeness (QED) is 0.455. The van der Waals surface area contributed by atoms with E-state index in [0.29, 0.717) is 23.2 Å². The second-order valence-electron chi connectivity index (χ2n) is 9.13. The summed E-state index contributed by atoms with van der Waals surface area (Å²) >= 11 is 3.42. The number of Topliss-reactive ketones (excluding diaryl/α,β-unsaturated/α-hetero) is 1. The summed E-state index contributed by atoms with van der Waals surface area (Å²) in [5.41, 5.74) is -0.827. The van der Waals surface area contributed by atoms with Crippen LogP contribution in [0.4, 0.5) is 4.79 Å². The molecule has 168 valence electrons. The molecule has 1 amide bonds. The summed E-state index contributed by atoms with van der Waals surface area (Å²) < 4.78 is 12.2. The van der Waals surface area contributed by atoms with Crippen LogP contribution in [0.1, 0.15) is 50.4 Å². The van der Waals surface area contributed by atoms with Gasteiger partial charge in [-0.3, -0.25) is 9.69 Å². The van der Waals surface area contributed by atoms with E-state index in [4.69, 9.17) is 9.15 Å². The van der Waals surface area contributed by atoms with Crippen molar-refractivity contribution < 1.29 is 28.6 Å². The number of carboxylic acids is 1. The fraction of sp³-hybridized carbons (Fsp3) is 0.375. The molecule has 0 radical (unpaired) electrons. The van der Waals surface area contributed by atoms with Crippen LogP contribution in [0.2, 0.25) is 0 Å². The third-order valence-electron chi connectivity index (χ3n) is 5.71. The van der Waals surface area contributed by atoms with Crippen LogP contribution in [0.25, 0.3) is 21.9 Å². The van der Waals surface area contributed by atoms with E-state index in [0.717, 1.165) is 15.2 Å². The highest BCUT2D eigenvalue weighted by Crippen LogP contribution is 2.36. The molecule has 2 aromatic carbocycles. The second-order valence-corrected chi connectivity index (χ2v) is 10.0. The average molecular weight is 502 g/mol. The Morgan fingerprint density at radius 2 is 1.78 bits per heavy atom. The summed E-state index contributed by atoms with van der Waals surface area (Å²) in [5.74, 6) is -1.57. The lowest BCUT2D eigenvalue weighted by molar-refractivity contribution is -0.149. The predicted octanol–water partition coefficient (Wildman–Crippen LogP) is 5.78. The second kappa shape index (κ2) is 7.92. The SMILES string of the molecule is CC(C)(C)OC(=O)N1CCCC1(CC(=O)c1ccc2c(c1)oc1cc(Br)ccc12)C(=O)O. The zero-order valence-corrected chi connectivity index (χ0v) is 19.7. The summed E-state index contributed by atoms with van der Waals surface area (Å²) in [5, 5.41) is 11.8. The van der Waals surface area contributed by atoms with Crippen LogP contribution in [-0.4, -0.2) is 45.5 Å². The van der Waals surface area contributed by atoms with Crippen LogP contribution in [0, 0.1) is 0 Å². The molecule has 4 rings (SSSR count). The van der Waals surface area contributed by atoms with Gasteiger partial charge >= 0.3 is 12.1 Å². The Balaban J connectivity index is 1.65. The minimum absolute atomic E-state index is 0.189. The lowest BCUT2D eigenvalue weighted by atomic mass is 9.87. The molecule has 3 aromatic rings. The molecule has 2 heterocycles. The normalized spacial score (nSPS) is 18.9. The fourth-order valence-corrected chi connectivity index (χ4v) is 4.58. The third kappa shape index (κ3) is 3.99. The van der Waals surface area contributed by atoms with Crippen molar-refractivity contribution in [3.05, 3.63) is 46.4 Å². The summed E-state index contributed by atoms with van der Waals surface area (Å²) in [6, 6.07) is 10.8. The molecule has 32 heavy (non-hydrogen) atoms. The van der Waals surface area contributed by atoms with E-state index in [9.17, 15) is 19.5 Å². The number of carbonyl (C=O) groups is 3. The molecule has 1 aliphatic heterocycles. The standard InChI is InChI=1S/C24H24BrNO6/c1-23(2,3)32-22(30)26-10-4-9-24(26,21(28)29)13-18(27)14-5-7-16-17-8-6-15(25)12-20(17)31-19(16)11-14/h5-8,11-12H,4,9-10,13H2,1-3H3,(H,28,29). The van der Waals surface area contributed by atoms with Crippen molar-refractivity contribution in [2.45, 2.75) is 51.2 Å². The molecule has 7 nitrogen and oxygen atoms in total. The molecule has 0 saturated carbocycles. The van der Waals surface area contributed by atoms with Crippen LogP contribution in [-0.2, 0) is 9.53 Å². The average Bonchev–Trinajstić information content (AvgIpc) is 3.27. The molecule has 0 bridgehead atoms. The first-order valence-corrected chi connectivity index (χ1v) is 11.2. The fourth-order valence-electron chi connectivity index (χ4n) is 4.24. The topological polar surface area (TPSA) is 97.0 Å². The van der Waals surface area contributed by atoms with E-state index in [1.54, 1.807) is 39.0 Å². The number of likely N-dealkylation sites (tertiary alicyclic amines) is 1. The number of furan rings is 1. The number of ketones is 1. The number of carboxylic acid groups (broad SMARTS) is 1. The Kier molecular flexibility index (Phi) is 5.53. The minimum Gasteiger partial charge on any atom is -0.479 e. The van der Waals surface area contributed by atoms with Gasteiger partial charge in [0.25, 0.3) is 0 Å². The van der Waals surface area contributed by atoms with E-state index < -0.39 is 23.2 Å². The number of hydrogen-bond donors (Lipinski definition) is 1. The van der Waals surface area contributed by atoms with Crippen LogP contribution >= 0.6 is 15.9 Å². The summed E-state index contributed by atoms with van der Waals surface area (Å²) in [6.07, 6.45) is -0.382. The summed E-state index contributed by atoms with van der Waals surface area (Å²) in [6.45, 7) is 5.38. The molecule has 1 atom stereocenters. The number of halogens is 1. The zero-order chi connectivity index (χ0) is 23.3. The lowest BCUT2D eigenvalue weighted by Gasteiger charge is -2.35. The summed E-state index contributed by atoms with van der Waals surface area (Å²) in [4.78, 5) is 39.4. The van der Waals surface area contributed by atoms with Crippen molar-refractivity contribution in [1.29, 1.82) is 0 Å². The lowest BCUT2D eigenvalue weighted by Crippen LogP contribution is -2.55. The van der Waals surface area contributed by atoms with E-state index in [1.807, 2.05) is 18.2 Å². The maximum atomic E-state index is 13.2. The maximum Gasteiger partial charge on any atom is 0.411 e. The van der Waals surface area contributed by atoms with E-state index in [2.05, 4.69) is 15.9 Å². The first-order valence-electron chi connectivity index (χ1n) is 10.4. The Bertz CT molecular complexity index is 1240. The molecular weight excluding hydrogens is 478 g/mol. The first-order chi connectivity index (χ1) is 15.0. The number of benzene rings is 2. The first kappa shape index (κ1) is 22.3. The van der Waals surface area contributed by atoms with E-state index >= 15 is 0 Å². The van der Waals surface area contributed by atoms with Crippen molar-refractivity contribution in [2.24, 2.45) is 0 Å². The highest BCUT2D eigenvalue weighted by Gasteiger charge is 2.52. The molecular formula is C24H24BrNO6. The van der Waals surface area contributed by atoms with Gasteiger partial charge in [0.15, 0.2) is 11.3 Å². The van der Waals surface area contributed by atoms with Crippen molar-refractivity contribution in [3.8, 4) is 0 Å². The number of rotatable bonds is 4. The molecule has 0 aliphatic carbocycles. The molecule has 1 aliphatic rings. The molecule has 1 unspecified atom stereocenters. The van der Waals surface area contributed by atoms with E-state index in [-0.39, 0.29) is 25.2 Å². The number of carbonyl (C=O) groups excluding carboxylic acids is 2. The molecule has 1 N–H and O–H groups in total. The number of aliphatic carboxylic acids is 1. The number of ether oxygens (including phenoxy) is 1. The van der Waals surface area contributed by atoms with Crippen molar-refractivity contribution in [2.75, 3.05) is 6.54 Å². The van der Waals surface area contributed by atoms with Crippen LogP contribution < -0.4 is 0 Å². The zero-order valence-electron chi connectivity index (χ0n) is 18.1. The Morgan fingerprint density at radius 3 is 2.44 bits per heavy atom. The Hall–Kier alpha value is -2.87. The minimum atomic E-state index is -1.63. The Morgan fingerprint density at radius 1 is 1.12 bits per heavy atom. The highest BCUT2D eigenvalue weighted by atomic mass is 79.9. The van der Waals surface area contributed by atoms with Crippen molar-refractivity contribution in [1.82, 2.24) is 4.90 Å². The van der Waals surface area contributed by atoms with Crippen LogP contribution in [0.5, 0.6) is 0 Å². The number of amides is 1. The van der Waals surface area contributed by atoms with Crippen molar-refractivity contribution >= 4 is 55.7 Å². The van der Waals surface area contributed by atoms with Gasteiger partial charge in [0, 0.05) is 33.8 Å². The molecule has 1 fully saturated rings. The molecule has 1 saturated heterocycles. The van der Waals surface area contributed by atoms with Crippen molar-refractivity contribution in [3.63, 3.8) is 0 Å². The highest BCUT2D eigenvalue weighted by molar-refractivity contribution is 9.10. The third-order valence-corrected chi connectivity index (χ3v) is 6.20. The number of nitrogens with zero attached hydrogens (tertiary/aromatic N) is 1. The van der Waals surface area contributed by atoms with Gasteiger partial charge in [0.1, 0.15) is 16.8 Å². The maximum absolute atomic E-state index is 13.2. The molecule has 0 spiro atoms. The van der Waals surface area contributed by atoms with Gasteiger partial charge in [-0.25, -0.2) is 9.59 Å². The van der Waals surface area contributed by atoms with Gasteiger partial charge in [0.2, 0.25) is 0 Å². The van der Waals surface area contributed by atoms with Crippen LogP contribution in [0.3, 0.4) is 0 Å².